The zero-order chi connectivity index (χ0) is 28.4. The van der Waals surface area contributed by atoms with E-state index in [0.717, 1.165) is 0 Å². The van der Waals surface area contributed by atoms with Crippen LogP contribution in [0.5, 0.6) is 0 Å². The predicted molar refractivity (Wildman–Crippen MR) is 181 cm³/mol. The molecule has 0 atom stereocenters. The monoisotopic (exact) mass is 544 g/mol. The lowest BCUT2D eigenvalue weighted by atomic mass is 9.33. The number of hydrogen-bond acceptors (Lipinski definition) is 2. The summed E-state index contributed by atoms with van der Waals surface area (Å²) in [5.74, 6) is 0.605. The second-order valence-corrected chi connectivity index (χ2v) is 12.7. The lowest BCUT2D eigenvalue weighted by Crippen LogP contribution is -2.61. The van der Waals surface area contributed by atoms with Crippen LogP contribution in [-0.4, -0.2) is 6.71 Å². The van der Waals surface area contributed by atoms with Crippen LogP contribution in [0.15, 0.2) is 103 Å². The molecule has 0 saturated heterocycles. The number of para-hydroxylation sites is 2. The Morgan fingerprint density at radius 1 is 0.548 bits per heavy atom. The molecule has 5 aromatic carbocycles. The maximum Gasteiger partial charge on any atom is 0.252 e. The molecule has 2 aliphatic heterocycles. The molecular weight excluding hydrogens is 507 g/mol. The predicted octanol–water partition coefficient (Wildman–Crippen LogP) is 8.74. The van der Waals surface area contributed by atoms with Crippen LogP contribution in [0.4, 0.5) is 34.1 Å². The smallest absolute Gasteiger partial charge is 0.252 e. The molecule has 0 aromatic heterocycles. The van der Waals surface area contributed by atoms with E-state index < -0.39 is 0 Å². The lowest BCUT2D eigenvalue weighted by Gasteiger charge is -2.45. The van der Waals surface area contributed by atoms with E-state index in [1.807, 2.05) is 0 Å². The Kier molecular flexibility index (Phi) is 6.03. The molecule has 0 N–H and O–H groups in total. The van der Waals surface area contributed by atoms with Gasteiger partial charge < -0.3 is 9.80 Å². The van der Waals surface area contributed by atoms with Crippen molar-refractivity contribution in [3.8, 4) is 0 Å². The van der Waals surface area contributed by atoms with Crippen molar-refractivity contribution >= 4 is 57.2 Å². The van der Waals surface area contributed by atoms with Crippen LogP contribution < -0.4 is 26.2 Å². The summed E-state index contributed by atoms with van der Waals surface area (Å²) in [6.07, 6.45) is 6.58. The number of aryl methyl sites for hydroxylation is 3. The molecule has 8 rings (SSSR count). The second kappa shape index (κ2) is 9.95. The summed E-state index contributed by atoms with van der Waals surface area (Å²) < 4.78 is 0. The Hall–Kier alpha value is -4.24. The molecule has 1 fully saturated rings. The Balaban J connectivity index is 1.48. The first-order chi connectivity index (χ1) is 20.6. The SMILES string of the molecule is Cc1cccc(N2c3ccccc3B3c4ccccc4N(c4ccc(C)cc4C)c4cc(C5CCCCC5)cc2c43)c1. The van der Waals surface area contributed by atoms with E-state index in [1.165, 1.54) is 105 Å². The molecule has 1 aliphatic carbocycles. The molecule has 42 heavy (non-hydrogen) atoms. The lowest BCUT2D eigenvalue weighted by molar-refractivity contribution is 0.444. The minimum Gasteiger partial charge on any atom is -0.311 e. The first kappa shape index (κ1) is 25.5. The van der Waals surface area contributed by atoms with Crippen LogP contribution in [0.3, 0.4) is 0 Å². The van der Waals surface area contributed by atoms with Crippen molar-refractivity contribution in [3.05, 3.63) is 125 Å². The molecule has 0 unspecified atom stereocenters. The van der Waals surface area contributed by atoms with Gasteiger partial charge in [0.1, 0.15) is 0 Å². The van der Waals surface area contributed by atoms with Crippen molar-refractivity contribution in [1.29, 1.82) is 0 Å². The number of fused-ring (bicyclic) bond motifs is 4. The fraction of sp³-hybridized carbons (Fsp3) is 0.231. The van der Waals surface area contributed by atoms with E-state index in [-0.39, 0.29) is 6.71 Å². The molecule has 3 heteroatoms. The van der Waals surface area contributed by atoms with Crippen molar-refractivity contribution in [3.63, 3.8) is 0 Å². The van der Waals surface area contributed by atoms with Gasteiger partial charge in [-0.25, -0.2) is 0 Å². The molecule has 206 valence electrons. The summed E-state index contributed by atoms with van der Waals surface area (Å²) in [7, 11) is 0. The van der Waals surface area contributed by atoms with E-state index >= 15 is 0 Å². The van der Waals surface area contributed by atoms with Crippen LogP contribution in [0.1, 0.15) is 60.3 Å². The maximum atomic E-state index is 2.58. The Morgan fingerprint density at radius 3 is 1.88 bits per heavy atom. The molecule has 2 nitrogen and oxygen atoms in total. The molecule has 5 aromatic rings. The van der Waals surface area contributed by atoms with Gasteiger partial charge in [-0.2, -0.15) is 0 Å². The molecule has 1 saturated carbocycles. The van der Waals surface area contributed by atoms with Crippen molar-refractivity contribution in [2.45, 2.75) is 58.8 Å². The fourth-order valence-corrected chi connectivity index (χ4v) is 7.95. The van der Waals surface area contributed by atoms with E-state index in [4.69, 9.17) is 0 Å². The molecule has 2 heterocycles. The highest BCUT2D eigenvalue weighted by molar-refractivity contribution is 7.00. The van der Waals surface area contributed by atoms with Crippen molar-refractivity contribution in [2.24, 2.45) is 0 Å². The standard InChI is InChI=1S/C39H37BN2/c1-26-12-11-15-31(23-26)41-35-18-9-7-16-32(35)40-33-17-8-10-19-36(33)42(34-21-20-27(2)22-28(34)3)38-25-30(24-37(41)39(38)40)29-13-5-4-6-14-29/h7-12,15-25,29H,4-6,13-14H2,1-3H3. The van der Waals surface area contributed by atoms with Gasteiger partial charge in [-0.1, -0.05) is 85.5 Å². The highest BCUT2D eigenvalue weighted by Crippen LogP contribution is 2.47. The van der Waals surface area contributed by atoms with Crippen LogP contribution in [0, 0.1) is 20.8 Å². The zero-order valence-corrected chi connectivity index (χ0v) is 24.9. The highest BCUT2D eigenvalue weighted by atomic mass is 15.2. The fourth-order valence-electron chi connectivity index (χ4n) is 7.95. The van der Waals surface area contributed by atoms with Gasteiger partial charge in [0.2, 0.25) is 0 Å². The van der Waals surface area contributed by atoms with Gasteiger partial charge in [0.25, 0.3) is 6.71 Å². The quantitative estimate of drug-likeness (QED) is 0.205. The summed E-state index contributed by atoms with van der Waals surface area (Å²) >= 11 is 0. The first-order valence-electron chi connectivity index (χ1n) is 15.7. The second-order valence-electron chi connectivity index (χ2n) is 12.7. The largest absolute Gasteiger partial charge is 0.311 e. The number of nitrogens with zero attached hydrogens (tertiary/aromatic N) is 2. The number of benzene rings is 5. The van der Waals surface area contributed by atoms with E-state index in [9.17, 15) is 0 Å². The van der Waals surface area contributed by atoms with Gasteiger partial charge in [0, 0.05) is 34.1 Å². The Morgan fingerprint density at radius 2 is 1.19 bits per heavy atom. The third-order valence-electron chi connectivity index (χ3n) is 9.84. The van der Waals surface area contributed by atoms with Crippen LogP contribution in [-0.2, 0) is 0 Å². The molecular formula is C39H37BN2. The van der Waals surface area contributed by atoms with Crippen molar-refractivity contribution < 1.29 is 0 Å². The van der Waals surface area contributed by atoms with Gasteiger partial charge in [-0.15, -0.1) is 0 Å². The number of rotatable bonds is 3. The van der Waals surface area contributed by atoms with E-state index in [1.54, 1.807) is 0 Å². The minimum absolute atomic E-state index is 0.186. The van der Waals surface area contributed by atoms with Gasteiger partial charge in [0.15, 0.2) is 0 Å². The Bertz CT molecular complexity index is 1830. The molecule has 0 bridgehead atoms. The highest BCUT2D eigenvalue weighted by Gasteiger charge is 2.43. The topological polar surface area (TPSA) is 6.48 Å². The molecule has 0 amide bonds. The Labute approximate surface area is 250 Å². The third kappa shape index (κ3) is 3.94. The van der Waals surface area contributed by atoms with E-state index in [2.05, 4.69) is 134 Å². The summed E-state index contributed by atoms with van der Waals surface area (Å²) in [6, 6.07) is 39.3. The average molecular weight is 545 g/mol. The number of anilines is 6. The van der Waals surface area contributed by atoms with Crippen molar-refractivity contribution in [1.82, 2.24) is 0 Å². The van der Waals surface area contributed by atoms with Crippen LogP contribution in [0.2, 0.25) is 0 Å². The average Bonchev–Trinajstić information content (AvgIpc) is 3.01. The first-order valence-corrected chi connectivity index (χ1v) is 15.7. The van der Waals surface area contributed by atoms with Gasteiger partial charge >= 0.3 is 0 Å². The summed E-state index contributed by atoms with van der Waals surface area (Å²) in [4.78, 5) is 5.13. The van der Waals surface area contributed by atoms with Gasteiger partial charge in [-0.05, 0) is 115 Å². The van der Waals surface area contributed by atoms with Crippen LogP contribution >= 0.6 is 0 Å². The van der Waals surface area contributed by atoms with Gasteiger partial charge in [-0.3, -0.25) is 0 Å². The summed E-state index contributed by atoms with van der Waals surface area (Å²) in [6.45, 7) is 6.85. The van der Waals surface area contributed by atoms with E-state index in [0.29, 0.717) is 5.92 Å². The zero-order valence-electron chi connectivity index (χ0n) is 24.9. The number of hydrogen-bond donors (Lipinski definition) is 0. The van der Waals surface area contributed by atoms with Crippen LogP contribution in [0.25, 0.3) is 0 Å². The van der Waals surface area contributed by atoms with Crippen molar-refractivity contribution in [2.75, 3.05) is 9.80 Å². The summed E-state index contributed by atoms with van der Waals surface area (Å²) in [5, 5.41) is 0. The summed E-state index contributed by atoms with van der Waals surface area (Å²) in [5.41, 5.74) is 17.4. The minimum atomic E-state index is 0.186. The van der Waals surface area contributed by atoms with Gasteiger partial charge in [0.05, 0.1) is 0 Å². The normalized spacial score (nSPS) is 15.7. The molecule has 3 aliphatic rings. The third-order valence-corrected chi connectivity index (χ3v) is 9.84. The maximum absolute atomic E-state index is 2.58. The molecule has 0 radical (unpaired) electrons. The molecule has 0 spiro atoms.